The largest absolute Gasteiger partial charge is 0.493 e. The molecule has 1 amide bonds. The second-order valence-corrected chi connectivity index (χ2v) is 9.30. The van der Waals surface area contributed by atoms with Crippen LogP contribution in [0.4, 0.5) is 18.9 Å². The van der Waals surface area contributed by atoms with Gasteiger partial charge in [0.25, 0.3) is 5.91 Å². The summed E-state index contributed by atoms with van der Waals surface area (Å²) in [6, 6.07) is 7.73. The van der Waals surface area contributed by atoms with E-state index in [4.69, 9.17) is 21.7 Å². The second kappa shape index (κ2) is 10.3. The SMILES string of the molecule is COC(=O)COc1c(I)cc(/C=C2/SC(=S)N(c3cccc(C(F)(F)F)c3)C2=O)cc1OC. The van der Waals surface area contributed by atoms with Gasteiger partial charge in [-0.25, -0.2) is 4.79 Å². The molecule has 2 aromatic rings. The molecule has 0 aromatic heterocycles. The molecule has 0 aliphatic carbocycles. The number of anilines is 1. The van der Waals surface area contributed by atoms with E-state index in [-0.39, 0.29) is 21.5 Å². The lowest BCUT2D eigenvalue weighted by Gasteiger charge is -2.16. The molecule has 0 spiro atoms. The predicted octanol–water partition coefficient (Wildman–Crippen LogP) is 5.28. The minimum atomic E-state index is -4.54. The maximum atomic E-state index is 13.1. The van der Waals surface area contributed by atoms with Gasteiger partial charge in [0, 0.05) is 0 Å². The van der Waals surface area contributed by atoms with Gasteiger partial charge in [-0.3, -0.25) is 9.69 Å². The molecule has 1 saturated heterocycles. The van der Waals surface area contributed by atoms with Crippen molar-refractivity contribution in [3.05, 3.63) is 56.0 Å². The molecule has 2 aromatic carbocycles. The Labute approximate surface area is 210 Å². The van der Waals surface area contributed by atoms with Gasteiger partial charge in [0.15, 0.2) is 22.4 Å². The number of carbonyl (C=O) groups is 2. The van der Waals surface area contributed by atoms with Crippen LogP contribution in [0.1, 0.15) is 11.1 Å². The number of carbonyl (C=O) groups excluding carboxylic acids is 2. The van der Waals surface area contributed by atoms with Crippen LogP contribution in [0, 0.1) is 3.57 Å². The van der Waals surface area contributed by atoms with E-state index in [0.717, 1.165) is 28.8 Å². The topological polar surface area (TPSA) is 65.1 Å². The Hall–Kier alpha value is -2.32. The summed E-state index contributed by atoms with van der Waals surface area (Å²) in [5.41, 5.74) is -0.263. The maximum Gasteiger partial charge on any atom is 0.416 e. The van der Waals surface area contributed by atoms with Crippen LogP contribution in [-0.2, 0) is 20.5 Å². The smallest absolute Gasteiger partial charge is 0.416 e. The molecule has 174 valence electrons. The second-order valence-electron chi connectivity index (χ2n) is 6.46. The van der Waals surface area contributed by atoms with E-state index in [1.165, 1.54) is 26.4 Å². The lowest BCUT2D eigenvalue weighted by Crippen LogP contribution is -2.27. The Bertz CT molecular complexity index is 1150. The molecule has 1 fully saturated rings. The molecule has 0 bridgehead atoms. The van der Waals surface area contributed by atoms with E-state index >= 15 is 0 Å². The van der Waals surface area contributed by atoms with Crippen LogP contribution in [0.3, 0.4) is 0 Å². The van der Waals surface area contributed by atoms with E-state index in [0.29, 0.717) is 20.6 Å². The first-order chi connectivity index (χ1) is 15.5. The van der Waals surface area contributed by atoms with Crippen molar-refractivity contribution >= 4 is 74.5 Å². The lowest BCUT2D eigenvalue weighted by molar-refractivity contribution is -0.143. The first kappa shape index (κ1) is 25.3. The van der Waals surface area contributed by atoms with Crippen LogP contribution < -0.4 is 14.4 Å². The summed E-state index contributed by atoms with van der Waals surface area (Å²) in [5.74, 6) is -0.443. The summed E-state index contributed by atoms with van der Waals surface area (Å²) in [5, 5.41) is 0. The Morgan fingerprint density at radius 2 is 1.97 bits per heavy atom. The van der Waals surface area contributed by atoms with E-state index in [1.54, 1.807) is 18.2 Å². The molecule has 0 radical (unpaired) electrons. The third kappa shape index (κ3) is 5.79. The van der Waals surface area contributed by atoms with Crippen molar-refractivity contribution in [1.82, 2.24) is 0 Å². The number of halogens is 4. The fourth-order valence-electron chi connectivity index (χ4n) is 2.82. The molecule has 1 aliphatic rings. The first-order valence-corrected chi connectivity index (χ1v) is 11.4. The van der Waals surface area contributed by atoms with Crippen molar-refractivity contribution in [3.63, 3.8) is 0 Å². The molecule has 0 saturated carbocycles. The molecular weight excluding hydrogens is 594 g/mol. The van der Waals surface area contributed by atoms with E-state index in [2.05, 4.69) is 4.74 Å². The third-order valence-electron chi connectivity index (χ3n) is 4.34. The number of nitrogens with zero attached hydrogens (tertiary/aromatic N) is 1. The number of rotatable bonds is 6. The van der Waals surface area contributed by atoms with E-state index in [1.807, 2.05) is 22.6 Å². The number of thioether (sulfide) groups is 1. The number of methoxy groups -OCH3 is 2. The van der Waals surface area contributed by atoms with Crippen LogP contribution in [0.5, 0.6) is 11.5 Å². The number of benzene rings is 2. The number of ether oxygens (including phenoxy) is 3. The number of amides is 1. The third-order valence-corrected chi connectivity index (χ3v) is 6.44. The van der Waals surface area contributed by atoms with E-state index < -0.39 is 23.6 Å². The Kier molecular flexibility index (Phi) is 7.90. The molecule has 0 atom stereocenters. The Morgan fingerprint density at radius 3 is 2.61 bits per heavy atom. The minimum absolute atomic E-state index is 0.0365. The average Bonchev–Trinajstić information content (AvgIpc) is 3.04. The lowest BCUT2D eigenvalue weighted by atomic mass is 10.1. The number of hydrogen-bond acceptors (Lipinski definition) is 7. The van der Waals surface area contributed by atoms with E-state index in [9.17, 15) is 22.8 Å². The summed E-state index contributed by atoms with van der Waals surface area (Å²) < 4.78 is 55.3. The monoisotopic (exact) mass is 609 g/mol. The predicted molar refractivity (Wildman–Crippen MR) is 130 cm³/mol. The van der Waals surface area contributed by atoms with Crippen LogP contribution in [0.15, 0.2) is 41.3 Å². The fraction of sp³-hybridized carbons (Fsp3) is 0.190. The Morgan fingerprint density at radius 1 is 1.24 bits per heavy atom. The molecule has 12 heteroatoms. The van der Waals surface area contributed by atoms with Gasteiger partial charge in [-0.05, 0) is 64.6 Å². The van der Waals surface area contributed by atoms with Crippen molar-refractivity contribution in [1.29, 1.82) is 0 Å². The zero-order valence-electron chi connectivity index (χ0n) is 17.1. The molecule has 0 unspecified atom stereocenters. The van der Waals surface area contributed by atoms with Crippen LogP contribution in [0.25, 0.3) is 6.08 Å². The Balaban J connectivity index is 1.90. The van der Waals surface area contributed by atoms with Gasteiger partial charge in [0.05, 0.1) is 33.9 Å². The number of esters is 1. The highest BCUT2D eigenvalue weighted by atomic mass is 127. The highest BCUT2D eigenvalue weighted by molar-refractivity contribution is 14.1. The normalized spacial score (nSPS) is 15.2. The summed E-state index contributed by atoms with van der Waals surface area (Å²) in [4.78, 5) is 25.6. The maximum absolute atomic E-state index is 13.1. The quantitative estimate of drug-likeness (QED) is 0.191. The fourth-order valence-corrected chi connectivity index (χ4v) is 4.90. The van der Waals surface area contributed by atoms with Crippen LogP contribution in [-0.4, -0.2) is 37.0 Å². The molecule has 33 heavy (non-hydrogen) atoms. The minimum Gasteiger partial charge on any atom is -0.493 e. The number of hydrogen-bond donors (Lipinski definition) is 0. The van der Waals surface area contributed by atoms with Gasteiger partial charge in [-0.15, -0.1) is 0 Å². The molecule has 0 N–H and O–H groups in total. The van der Waals surface area contributed by atoms with Gasteiger partial charge in [0.1, 0.15) is 0 Å². The summed E-state index contributed by atoms with van der Waals surface area (Å²) in [6.07, 6.45) is -2.99. The molecule has 6 nitrogen and oxygen atoms in total. The van der Waals surface area contributed by atoms with Crippen molar-refractivity contribution in [2.24, 2.45) is 0 Å². The highest BCUT2D eigenvalue weighted by Gasteiger charge is 2.36. The highest BCUT2D eigenvalue weighted by Crippen LogP contribution is 2.40. The standard InChI is InChI=1S/C21H15F3INO5S2/c1-29-15-7-11(6-14(25)18(15)31-10-17(27)30-2)8-16-19(28)26(20(32)33-16)13-5-3-4-12(9-13)21(22,23)24/h3-9H,10H2,1-2H3/b16-8+. The van der Waals surface area contributed by atoms with Crippen LogP contribution >= 0.6 is 46.6 Å². The summed E-state index contributed by atoms with van der Waals surface area (Å²) in [7, 11) is 2.67. The van der Waals surface area contributed by atoms with Crippen molar-refractivity contribution < 1.29 is 37.0 Å². The molecule has 1 aliphatic heterocycles. The molecule has 1 heterocycles. The van der Waals surface area contributed by atoms with Gasteiger partial charge < -0.3 is 14.2 Å². The summed E-state index contributed by atoms with van der Waals surface area (Å²) >= 11 is 8.22. The van der Waals surface area contributed by atoms with Gasteiger partial charge in [-0.1, -0.05) is 30.0 Å². The zero-order chi connectivity index (χ0) is 24.3. The van der Waals surface area contributed by atoms with Gasteiger partial charge >= 0.3 is 12.1 Å². The average molecular weight is 609 g/mol. The zero-order valence-corrected chi connectivity index (χ0v) is 20.9. The van der Waals surface area contributed by atoms with Crippen LogP contribution in [0.2, 0.25) is 0 Å². The van der Waals surface area contributed by atoms with Gasteiger partial charge in [0.2, 0.25) is 0 Å². The number of alkyl halides is 3. The molecule has 3 rings (SSSR count). The first-order valence-electron chi connectivity index (χ1n) is 9.07. The molecular formula is C21H15F3INO5S2. The number of thiocarbonyl (C=S) groups is 1. The van der Waals surface area contributed by atoms with Crippen molar-refractivity contribution in [2.45, 2.75) is 6.18 Å². The van der Waals surface area contributed by atoms with Gasteiger partial charge in [-0.2, -0.15) is 13.2 Å². The van der Waals surface area contributed by atoms with Crippen molar-refractivity contribution in [3.8, 4) is 11.5 Å². The summed E-state index contributed by atoms with van der Waals surface area (Å²) in [6.45, 7) is -0.308. The van der Waals surface area contributed by atoms with Crippen molar-refractivity contribution in [2.75, 3.05) is 25.7 Å².